The van der Waals surface area contributed by atoms with E-state index >= 15 is 0 Å². The Labute approximate surface area is 59.7 Å². The van der Waals surface area contributed by atoms with Crippen LogP contribution in [0.1, 0.15) is 7.43 Å². The van der Waals surface area contributed by atoms with E-state index < -0.39 is 0 Å². The van der Waals surface area contributed by atoms with Crippen LogP contribution in [-0.2, 0) is 0 Å². The Hall–Kier alpha value is 1.56. The van der Waals surface area contributed by atoms with Crippen molar-refractivity contribution in [1.29, 1.82) is 0 Å². The van der Waals surface area contributed by atoms with Gasteiger partial charge in [-0.25, -0.2) is 0 Å². The molecule has 0 aromatic rings. The van der Waals surface area contributed by atoms with Gasteiger partial charge in [0.15, 0.2) is 0 Å². The molecule has 0 spiro atoms. The maximum absolute atomic E-state index is 0. The third kappa shape index (κ3) is 9.59. The normalized spacial score (nSPS) is 0. The second kappa shape index (κ2) is 23.8. The Balaban J connectivity index is 0. The first-order valence-corrected chi connectivity index (χ1v) is 0. The van der Waals surface area contributed by atoms with Crippen molar-refractivity contribution in [2.24, 2.45) is 0 Å². The number of hydrogen-bond acceptors (Lipinski definition) is 0. The molecule has 0 saturated carbocycles. The Morgan fingerprint density at radius 2 is 1.00 bits per heavy atom. The van der Waals surface area contributed by atoms with E-state index in [2.05, 4.69) is 0 Å². The summed E-state index contributed by atoms with van der Waals surface area (Å²) in [5.41, 5.74) is 0. The molecule has 0 heterocycles. The molecule has 0 nitrogen and oxygen atoms in total. The summed E-state index contributed by atoms with van der Waals surface area (Å²) in [6.45, 7) is 0. The molecule has 3 heteroatoms. The summed E-state index contributed by atoms with van der Waals surface area (Å²) in [5, 5.41) is 0. The third-order valence-electron chi connectivity index (χ3n) is 0. The second-order valence-corrected chi connectivity index (χ2v) is 0. The van der Waals surface area contributed by atoms with Crippen molar-refractivity contribution < 1.29 is 0 Å². The average Bonchev–Trinajstić information content (AvgIpc) is 0. The molecule has 0 saturated heterocycles. The monoisotopic (exact) mass is 242 g/mol. The number of rotatable bonds is 0. The van der Waals surface area contributed by atoms with E-state index in [9.17, 15) is 0 Å². The molecule has 8 radical (unpaired) electrons. The molecule has 4 heavy (non-hydrogen) atoms. The Morgan fingerprint density at radius 3 is 1.00 bits per heavy atom. The van der Waals surface area contributed by atoms with E-state index in [1.54, 1.807) is 0 Å². The molecule has 0 fully saturated rings. The maximum Gasteiger partial charge on any atom is 0 e. The van der Waals surface area contributed by atoms with Gasteiger partial charge in [-0.05, 0) is 11.0 Å². The molecule has 0 rings (SSSR count). The van der Waals surface area contributed by atoms with Crippen molar-refractivity contribution in [3.63, 3.8) is 0 Å². The van der Waals surface area contributed by atoms with Crippen LogP contribution in [0.25, 0.3) is 0 Å². The summed E-state index contributed by atoms with van der Waals surface area (Å²) in [4.78, 5) is 0. The van der Waals surface area contributed by atoms with Crippen LogP contribution in [0.5, 0.6) is 0 Å². The molecule has 0 atom stereocenters. The van der Waals surface area contributed by atoms with E-state index in [1.807, 2.05) is 0 Å². The Kier molecular flexibility index (Phi) is 283. The van der Waals surface area contributed by atoms with E-state index in [0.717, 1.165) is 0 Å². The maximum atomic E-state index is 0. The molecule has 0 aliphatic carbocycles. The minimum Gasteiger partial charge on any atom is -0.0776 e. The van der Waals surface area contributed by atoms with Gasteiger partial charge in [-0.15, -0.1) is 0 Å². The molecule has 24 valence electrons. The zero-order valence-electron chi connectivity index (χ0n) is 1.00. The van der Waals surface area contributed by atoms with E-state index in [-0.39, 0.29) is 59.9 Å². The number of hydrogen-bond donors (Lipinski definition) is 0. The zero-order chi connectivity index (χ0) is 0. The van der Waals surface area contributed by atoms with Gasteiger partial charge in [-0.3, -0.25) is 0 Å². The summed E-state index contributed by atoms with van der Waals surface area (Å²) < 4.78 is 0. The molecule has 0 aliphatic heterocycles. The molecule has 0 aromatic heterocycles. The van der Waals surface area contributed by atoms with Crippen LogP contribution in [0.4, 0.5) is 0 Å². The molecular weight excluding hydrogens is 231 g/mol. The quantitative estimate of drug-likeness (QED) is 0.448. The van der Waals surface area contributed by atoms with E-state index in [4.69, 9.17) is 0 Å². The minimum atomic E-state index is 0. The predicted octanol–water partition coefficient (Wildman–Crippen LogP) is -1.58. The molecular formula is CH8GeSiSn. The van der Waals surface area contributed by atoms with Crippen LogP contribution >= 0.6 is 0 Å². The van der Waals surface area contributed by atoms with Crippen molar-refractivity contribution in [3.05, 3.63) is 0 Å². The van der Waals surface area contributed by atoms with Gasteiger partial charge in [-0.2, -0.15) is 0 Å². The smallest absolute Gasteiger partial charge is 0 e. The second-order valence-electron chi connectivity index (χ2n) is 0. The van der Waals surface area contributed by atoms with E-state index in [0.29, 0.717) is 0 Å². The van der Waals surface area contributed by atoms with Crippen molar-refractivity contribution in [1.82, 2.24) is 0 Å². The summed E-state index contributed by atoms with van der Waals surface area (Å²) in [6.07, 6.45) is 0. The minimum absolute atomic E-state index is 0. The van der Waals surface area contributed by atoms with Gasteiger partial charge in [0, 0.05) is 41.5 Å². The van der Waals surface area contributed by atoms with Gasteiger partial charge in [0.2, 0.25) is 0 Å². The standard InChI is InChI=1S/CH4.Ge.H4Si.Sn/h1H4;;1H4;. The van der Waals surface area contributed by atoms with Crippen molar-refractivity contribution >= 4 is 52.5 Å². The average molecular weight is 239 g/mol. The fourth-order valence-electron chi connectivity index (χ4n) is 0. The van der Waals surface area contributed by atoms with Gasteiger partial charge in [0.05, 0.1) is 0 Å². The van der Waals surface area contributed by atoms with Crippen LogP contribution in [-0.4, -0.2) is 52.5 Å². The van der Waals surface area contributed by atoms with Crippen LogP contribution < -0.4 is 0 Å². The first-order valence-electron chi connectivity index (χ1n) is 0. The summed E-state index contributed by atoms with van der Waals surface area (Å²) >= 11 is 0. The van der Waals surface area contributed by atoms with Crippen LogP contribution in [0, 0.1) is 0 Å². The summed E-state index contributed by atoms with van der Waals surface area (Å²) in [5.74, 6) is 0. The van der Waals surface area contributed by atoms with Crippen LogP contribution in [0.3, 0.4) is 0 Å². The van der Waals surface area contributed by atoms with Gasteiger partial charge in [-0.1, -0.05) is 7.43 Å². The zero-order valence-corrected chi connectivity index (χ0v) is 5.95. The largest absolute Gasteiger partial charge is 0.0776 e. The fourth-order valence-corrected chi connectivity index (χ4v) is 0. The Morgan fingerprint density at radius 1 is 1.00 bits per heavy atom. The van der Waals surface area contributed by atoms with E-state index in [1.165, 1.54) is 0 Å². The topological polar surface area (TPSA) is 0 Å². The van der Waals surface area contributed by atoms with Crippen molar-refractivity contribution in [3.8, 4) is 0 Å². The van der Waals surface area contributed by atoms with Gasteiger partial charge < -0.3 is 0 Å². The first kappa shape index (κ1) is 47.6. The van der Waals surface area contributed by atoms with Crippen LogP contribution in [0.2, 0.25) is 0 Å². The van der Waals surface area contributed by atoms with Crippen molar-refractivity contribution in [2.75, 3.05) is 0 Å². The molecule has 0 aliphatic rings. The van der Waals surface area contributed by atoms with Gasteiger partial charge in [0.1, 0.15) is 0 Å². The first-order chi connectivity index (χ1) is 0. The molecule has 0 bridgehead atoms. The molecule has 0 unspecified atom stereocenters. The molecule has 0 amide bonds. The van der Waals surface area contributed by atoms with Crippen molar-refractivity contribution in [2.45, 2.75) is 7.43 Å². The SMILES string of the molecule is C.[Ge].[SiH4].[Sn]. The summed E-state index contributed by atoms with van der Waals surface area (Å²) in [6, 6.07) is 0. The molecule has 0 aromatic carbocycles. The Bertz CT molecular complexity index is 8.00. The predicted molar refractivity (Wildman–Crippen MR) is 29.6 cm³/mol. The molecule has 0 N–H and O–H groups in total. The fraction of sp³-hybridized carbons (Fsp3) is 1.00. The van der Waals surface area contributed by atoms with Crippen LogP contribution in [0.15, 0.2) is 0 Å². The summed E-state index contributed by atoms with van der Waals surface area (Å²) in [7, 11) is 0. The van der Waals surface area contributed by atoms with Gasteiger partial charge in [0.25, 0.3) is 0 Å². The third-order valence-corrected chi connectivity index (χ3v) is 0. The van der Waals surface area contributed by atoms with Gasteiger partial charge >= 0.3 is 0 Å².